The van der Waals surface area contributed by atoms with Gasteiger partial charge in [0.15, 0.2) is 0 Å². The lowest BCUT2D eigenvalue weighted by atomic mass is 10.3. The Labute approximate surface area is 99.9 Å². The van der Waals surface area contributed by atoms with E-state index in [0.717, 1.165) is 17.9 Å². The number of carbonyl (C=O) groups is 3. The van der Waals surface area contributed by atoms with E-state index in [9.17, 15) is 14.4 Å². The average molecular weight is 242 g/mol. The van der Waals surface area contributed by atoms with Crippen LogP contribution in [0.15, 0.2) is 0 Å². The molecule has 0 radical (unpaired) electrons. The summed E-state index contributed by atoms with van der Waals surface area (Å²) in [6.45, 7) is 2.35. The number of nitrogens with zero attached hydrogens (tertiary/aromatic N) is 2. The van der Waals surface area contributed by atoms with Crippen molar-refractivity contribution in [3.63, 3.8) is 0 Å². The Balaban J connectivity index is 2.55. The van der Waals surface area contributed by atoms with Crippen molar-refractivity contribution in [1.29, 1.82) is 0 Å². The molecule has 0 aromatic rings. The molecule has 0 unspecified atom stereocenters. The van der Waals surface area contributed by atoms with E-state index in [-0.39, 0.29) is 6.54 Å². The van der Waals surface area contributed by atoms with E-state index in [1.165, 1.54) is 11.9 Å². The number of hydrogen-bond acceptors (Lipinski definition) is 4. The summed E-state index contributed by atoms with van der Waals surface area (Å²) < 4.78 is 0. The number of carbonyl (C=O) groups excluding carboxylic acids is 3. The third-order valence-electron chi connectivity index (χ3n) is 2.55. The number of nitrogens with one attached hydrogen (secondary N) is 1. The second-order valence-corrected chi connectivity index (χ2v) is 4.02. The fourth-order valence-electron chi connectivity index (χ4n) is 1.65. The van der Waals surface area contributed by atoms with E-state index in [0.29, 0.717) is 19.6 Å². The molecule has 3 amide bonds. The van der Waals surface area contributed by atoms with Gasteiger partial charge < -0.3 is 20.9 Å². The third-order valence-corrected chi connectivity index (χ3v) is 2.55. The minimum absolute atomic E-state index is 0.239. The van der Waals surface area contributed by atoms with Crippen LogP contribution >= 0.6 is 0 Å². The Kier molecular flexibility index (Phi) is 4.89. The van der Waals surface area contributed by atoms with Gasteiger partial charge in [-0.1, -0.05) is 0 Å². The second kappa shape index (κ2) is 6.19. The summed E-state index contributed by atoms with van der Waals surface area (Å²) in [5.41, 5.74) is 4.97. The zero-order valence-electron chi connectivity index (χ0n) is 9.94. The fourth-order valence-corrected chi connectivity index (χ4v) is 1.65. The highest BCUT2D eigenvalue weighted by molar-refractivity contribution is 6.35. The number of hydrogen-bond donors (Lipinski definition) is 2. The summed E-state index contributed by atoms with van der Waals surface area (Å²) in [5.74, 6) is -1.89. The number of nitrogens with two attached hydrogens (primary N) is 1. The van der Waals surface area contributed by atoms with Gasteiger partial charge in [-0.2, -0.15) is 0 Å². The fraction of sp³-hybridized carbons (Fsp3) is 0.700. The lowest BCUT2D eigenvalue weighted by Crippen LogP contribution is -2.47. The molecule has 17 heavy (non-hydrogen) atoms. The van der Waals surface area contributed by atoms with E-state index in [2.05, 4.69) is 5.32 Å². The normalized spacial score (nSPS) is 16.2. The van der Waals surface area contributed by atoms with Gasteiger partial charge in [0.05, 0.1) is 6.54 Å². The van der Waals surface area contributed by atoms with E-state index >= 15 is 0 Å². The van der Waals surface area contributed by atoms with Crippen LogP contribution in [-0.4, -0.2) is 67.3 Å². The SMILES string of the molecule is CN(CC(N)=O)C(=O)C(=O)N1CCCNCC1. The van der Waals surface area contributed by atoms with E-state index in [1.54, 1.807) is 0 Å². The molecule has 0 aromatic heterocycles. The third kappa shape index (κ3) is 4.03. The molecular formula is C10H18N4O3. The highest BCUT2D eigenvalue weighted by Gasteiger charge is 2.25. The zero-order valence-corrected chi connectivity index (χ0v) is 9.94. The lowest BCUT2D eigenvalue weighted by molar-refractivity contribution is -0.151. The Morgan fingerprint density at radius 2 is 2.00 bits per heavy atom. The van der Waals surface area contributed by atoms with Crippen LogP contribution in [0.3, 0.4) is 0 Å². The largest absolute Gasteiger partial charge is 0.368 e. The molecule has 96 valence electrons. The molecule has 1 aliphatic rings. The van der Waals surface area contributed by atoms with Gasteiger partial charge in [-0.15, -0.1) is 0 Å². The highest BCUT2D eigenvalue weighted by Crippen LogP contribution is 1.99. The second-order valence-electron chi connectivity index (χ2n) is 4.02. The zero-order chi connectivity index (χ0) is 12.8. The van der Waals surface area contributed by atoms with Crippen molar-refractivity contribution in [3.05, 3.63) is 0 Å². The average Bonchev–Trinajstić information content (AvgIpc) is 2.54. The van der Waals surface area contributed by atoms with E-state index in [1.807, 2.05) is 0 Å². The maximum Gasteiger partial charge on any atom is 0.312 e. The van der Waals surface area contributed by atoms with Crippen LogP contribution in [0.5, 0.6) is 0 Å². The van der Waals surface area contributed by atoms with Crippen LogP contribution in [0.4, 0.5) is 0 Å². The van der Waals surface area contributed by atoms with Gasteiger partial charge in [-0.3, -0.25) is 14.4 Å². The number of likely N-dealkylation sites (N-methyl/N-ethyl adjacent to an activating group) is 1. The quantitative estimate of drug-likeness (QED) is 0.535. The van der Waals surface area contributed by atoms with Crippen molar-refractivity contribution in [1.82, 2.24) is 15.1 Å². The van der Waals surface area contributed by atoms with Crippen molar-refractivity contribution in [2.45, 2.75) is 6.42 Å². The summed E-state index contributed by atoms with van der Waals surface area (Å²) in [4.78, 5) is 36.7. The minimum Gasteiger partial charge on any atom is -0.368 e. The van der Waals surface area contributed by atoms with Crippen LogP contribution in [0.25, 0.3) is 0 Å². The molecule has 0 saturated carbocycles. The van der Waals surface area contributed by atoms with Crippen molar-refractivity contribution in [2.24, 2.45) is 5.73 Å². The topological polar surface area (TPSA) is 95.7 Å². The molecule has 0 aromatic carbocycles. The smallest absolute Gasteiger partial charge is 0.312 e. The molecule has 3 N–H and O–H groups in total. The Morgan fingerprint density at radius 1 is 1.29 bits per heavy atom. The van der Waals surface area contributed by atoms with Gasteiger partial charge in [-0.05, 0) is 13.0 Å². The van der Waals surface area contributed by atoms with Crippen LogP contribution in [0.2, 0.25) is 0 Å². The first kappa shape index (κ1) is 13.4. The monoisotopic (exact) mass is 242 g/mol. The predicted molar refractivity (Wildman–Crippen MR) is 60.9 cm³/mol. The summed E-state index contributed by atoms with van der Waals surface area (Å²) in [7, 11) is 1.39. The van der Waals surface area contributed by atoms with E-state index < -0.39 is 17.7 Å². The Hall–Kier alpha value is -1.63. The van der Waals surface area contributed by atoms with Gasteiger partial charge >= 0.3 is 11.8 Å². The van der Waals surface area contributed by atoms with Gasteiger partial charge in [0.2, 0.25) is 5.91 Å². The lowest BCUT2D eigenvalue weighted by Gasteiger charge is -2.22. The first-order valence-electron chi connectivity index (χ1n) is 5.55. The van der Waals surface area contributed by atoms with Gasteiger partial charge in [0.25, 0.3) is 0 Å². The summed E-state index contributed by atoms with van der Waals surface area (Å²) >= 11 is 0. The summed E-state index contributed by atoms with van der Waals surface area (Å²) in [6.07, 6.45) is 0.818. The first-order chi connectivity index (χ1) is 8.02. The van der Waals surface area contributed by atoms with Crippen LogP contribution < -0.4 is 11.1 Å². The molecule has 1 heterocycles. The van der Waals surface area contributed by atoms with Crippen molar-refractivity contribution in [2.75, 3.05) is 39.8 Å². The highest BCUT2D eigenvalue weighted by atomic mass is 16.2. The molecule has 0 atom stereocenters. The summed E-state index contributed by atoms with van der Waals surface area (Å²) in [6, 6.07) is 0. The summed E-state index contributed by atoms with van der Waals surface area (Å²) in [5, 5.41) is 3.14. The molecule has 1 rings (SSSR count). The maximum atomic E-state index is 11.8. The number of amides is 3. The molecule has 1 aliphatic heterocycles. The van der Waals surface area contributed by atoms with Crippen molar-refractivity contribution >= 4 is 17.7 Å². The molecule has 0 aliphatic carbocycles. The van der Waals surface area contributed by atoms with Gasteiger partial charge in [-0.25, -0.2) is 0 Å². The van der Waals surface area contributed by atoms with Crippen LogP contribution in [0, 0.1) is 0 Å². The minimum atomic E-state index is -0.689. The maximum absolute atomic E-state index is 11.8. The van der Waals surface area contributed by atoms with E-state index in [4.69, 9.17) is 5.73 Å². The van der Waals surface area contributed by atoms with Gasteiger partial charge in [0, 0.05) is 26.7 Å². The molecule has 1 fully saturated rings. The molecular weight excluding hydrogens is 224 g/mol. The number of rotatable bonds is 2. The van der Waals surface area contributed by atoms with Gasteiger partial charge in [0.1, 0.15) is 0 Å². The molecule has 7 nitrogen and oxygen atoms in total. The predicted octanol–water partition coefficient (Wildman–Crippen LogP) is -2.25. The molecule has 0 spiro atoms. The molecule has 7 heteroatoms. The Bertz CT molecular complexity index is 311. The Morgan fingerprint density at radius 3 is 2.65 bits per heavy atom. The standard InChI is InChI=1S/C10H18N4O3/c1-13(7-8(11)15)9(16)10(17)14-5-2-3-12-4-6-14/h12H,2-7H2,1H3,(H2,11,15). The van der Waals surface area contributed by atoms with Crippen LogP contribution in [0.1, 0.15) is 6.42 Å². The van der Waals surface area contributed by atoms with Crippen LogP contribution in [-0.2, 0) is 14.4 Å². The first-order valence-corrected chi connectivity index (χ1v) is 5.55. The number of primary amides is 1. The van der Waals surface area contributed by atoms with Crippen molar-refractivity contribution in [3.8, 4) is 0 Å². The van der Waals surface area contributed by atoms with Crippen molar-refractivity contribution < 1.29 is 14.4 Å². The molecule has 0 bridgehead atoms. The molecule has 1 saturated heterocycles.